The maximum atomic E-state index is 12.5. The second-order valence-corrected chi connectivity index (χ2v) is 7.05. The molecule has 2 aromatic heterocycles. The summed E-state index contributed by atoms with van der Waals surface area (Å²) in [5.41, 5.74) is 1.87. The summed E-state index contributed by atoms with van der Waals surface area (Å²) < 4.78 is 1.74. The number of aromatic nitrogens is 6. The van der Waals surface area contributed by atoms with Crippen molar-refractivity contribution in [2.24, 2.45) is 0 Å². The quantitative estimate of drug-likeness (QED) is 0.888. The molecule has 2 N–H and O–H groups in total. The van der Waals surface area contributed by atoms with Crippen LogP contribution in [0, 0.1) is 0 Å². The Morgan fingerprint density at radius 1 is 1.43 bits per heavy atom. The van der Waals surface area contributed by atoms with E-state index in [1.54, 1.807) is 4.68 Å². The number of fused-ring (bicyclic) bond motifs is 1. The van der Waals surface area contributed by atoms with Gasteiger partial charge < -0.3 is 5.32 Å². The van der Waals surface area contributed by atoms with Crippen molar-refractivity contribution < 1.29 is 4.79 Å². The van der Waals surface area contributed by atoms with Crippen molar-refractivity contribution in [2.75, 3.05) is 0 Å². The summed E-state index contributed by atoms with van der Waals surface area (Å²) in [5.74, 6) is 0.354. The van der Waals surface area contributed by atoms with Gasteiger partial charge in [0, 0.05) is 12.0 Å². The monoisotopic (exact) mass is 317 g/mol. The zero-order valence-electron chi connectivity index (χ0n) is 13.8. The van der Waals surface area contributed by atoms with Crippen molar-refractivity contribution in [3.8, 4) is 0 Å². The number of aromatic amines is 1. The minimum atomic E-state index is -0.280. The summed E-state index contributed by atoms with van der Waals surface area (Å²) in [5, 5.41) is 22.0. The van der Waals surface area contributed by atoms with Gasteiger partial charge in [-0.15, -0.1) is 5.10 Å². The number of aryl methyl sites for hydroxylation is 1. The Morgan fingerprint density at radius 3 is 3.00 bits per heavy atom. The van der Waals surface area contributed by atoms with E-state index < -0.39 is 0 Å². The largest absolute Gasteiger partial charge is 0.350 e. The summed E-state index contributed by atoms with van der Waals surface area (Å²) in [7, 11) is 0. The fraction of sp³-hybridized carbons (Fsp3) is 0.667. The molecule has 0 aliphatic carbocycles. The van der Waals surface area contributed by atoms with Gasteiger partial charge in [0.1, 0.15) is 0 Å². The van der Waals surface area contributed by atoms with Crippen LogP contribution < -0.4 is 5.32 Å². The summed E-state index contributed by atoms with van der Waals surface area (Å²) in [6, 6.07) is 2.00. The maximum absolute atomic E-state index is 12.5. The zero-order valence-corrected chi connectivity index (χ0v) is 13.8. The van der Waals surface area contributed by atoms with Crippen molar-refractivity contribution in [2.45, 2.75) is 64.5 Å². The van der Waals surface area contributed by atoms with E-state index in [0.29, 0.717) is 12.4 Å². The molecule has 0 saturated heterocycles. The molecule has 1 amide bonds. The molecule has 1 unspecified atom stereocenters. The highest BCUT2D eigenvalue weighted by molar-refractivity contribution is 5.82. The Hall–Kier alpha value is -2.25. The van der Waals surface area contributed by atoms with Gasteiger partial charge in [0.25, 0.3) is 0 Å². The number of amides is 1. The number of nitrogens with one attached hydrogen (secondary N) is 2. The molecule has 0 saturated carbocycles. The topological polar surface area (TPSA) is 101 Å². The fourth-order valence-electron chi connectivity index (χ4n) is 2.75. The summed E-state index contributed by atoms with van der Waals surface area (Å²) in [4.78, 5) is 12.5. The smallest absolute Gasteiger partial charge is 0.231 e. The van der Waals surface area contributed by atoms with E-state index in [9.17, 15) is 4.79 Å². The third kappa shape index (κ3) is 3.40. The van der Waals surface area contributed by atoms with Crippen molar-refractivity contribution >= 4 is 5.91 Å². The number of rotatable bonds is 3. The first-order chi connectivity index (χ1) is 10.9. The Kier molecular flexibility index (Phi) is 4.14. The van der Waals surface area contributed by atoms with E-state index in [1.165, 1.54) is 0 Å². The van der Waals surface area contributed by atoms with Crippen LogP contribution in [0.4, 0.5) is 0 Å². The lowest BCUT2D eigenvalue weighted by Crippen LogP contribution is -2.30. The molecule has 3 rings (SSSR count). The molecule has 0 spiro atoms. The highest BCUT2D eigenvalue weighted by Crippen LogP contribution is 2.24. The minimum absolute atomic E-state index is 0.0118. The van der Waals surface area contributed by atoms with Crippen molar-refractivity contribution in [3.05, 3.63) is 23.3 Å². The third-order valence-electron chi connectivity index (χ3n) is 4.15. The SMILES string of the molecule is CC(C)(C)c1cc(CNC(=O)C2CCCCn3nnnc32)[nH]n1. The van der Waals surface area contributed by atoms with E-state index in [4.69, 9.17) is 0 Å². The minimum Gasteiger partial charge on any atom is -0.350 e. The molecule has 3 heterocycles. The van der Waals surface area contributed by atoms with Crippen LogP contribution in [0.1, 0.15) is 63.2 Å². The molecule has 124 valence electrons. The van der Waals surface area contributed by atoms with Gasteiger partial charge >= 0.3 is 0 Å². The van der Waals surface area contributed by atoms with Crippen molar-refractivity contribution in [1.29, 1.82) is 0 Å². The average Bonchev–Trinajstić information content (AvgIpc) is 3.10. The van der Waals surface area contributed by atoms with Crippen LogP contribution in [-0.2, 0) is 23.3 Å². The summed E-state index contributed by atoms with van der Waals surface area (Å²) >= 11 is 0. The van der Waals surface area contributed by atoms with Gasteiger partial charge in [-0.1, -0.05) is 27.2 Å². The number of H-pyrrole nitrogens is 1. The van der Waals surface area contributed by atoms with Crippen LogP contribution in [0.25, 0.3) is 0 Å². The maximum Gasteiger partial charge on any atom is 0.231 e. The Morgan fingerprint density at radius 2 is 2.26 bits per heavy atom. The number of carbonyl (C=O) groups is 1. The Balaban J connectivity index is 1.65. The summed E-state index contributed by atoms with van der Waals surface area (Å²) in [6.45, 7) is 7.53. The Labute approximate surface area is 135 Å². The van der Waals surface area contributed by atoms with Crippen LogP contribution in [0.3, 0.4) is 0 Å². The fourth-order valence-corrected chi connectivity index (χ4v) is 2.75. The lowest BCUT2D eigenvalue weighted by Gasteiger charge is -2.14. The van der Waals surface area contributed by atoms with E-state index in [0.717, 1.165) is 37.2 Å². The molecule has 8 nitrogen and oxygen atoms in total. The number of nitrogens with zero attached hydrogens (tertiary/aromatic N) is 5. The molecule has 0 bridgehead atoms. The zero-order chi connectivity index (χ0) is 16.4. The highest BCUT2D eigenvalue weighted by atomic mass is 16.1. The molecular formula is C15H23N7O. The lowest BCUT2D eigenvalue weighted by atomic mass is 9.92. The predicted octanol–water partition coefficient (Wildman–Crippen LogP) is 1.28. The molecule has 8 heteroatoms. The standard InChI is InChI=1S/C15H23N7O/c1-15(2,3)12-8-10(17-18-12)9-16-14(23)11-6-4-5-7-22-13(11)19-20-21-22/h8,11H,4-7,9H2,1-3H3,(H,16,23)(H,17,18). The van der Waals surface area contributed by atoms with Gasteiger partial charge in [-0.25, -0.2) is 4.68 Å². The van der Waals surface area contributed by atoms with Crippen LogP contribution in [0.2, 0.25) is 0 Å². The van der Waals surface area contributed by atoms with Gasteiger partial charge in [-0.3, -0.25) is 9.89 Å². The molecule has 2 aromatic rings. The van der Waals surface area contributed by atoms with E-state index in [1.807, 2.05) is 6.07 Å². The van der Waals surface area contributed by atoms with E-state index in [2.05, 4.69) is 51.8 Å². The van der Waals surface area contributed by atoms with Gasteiger partial charge in [-0.05, 0) is 29.3 Å². The molecule has 0 fully saturated rings. The number of hydrogen-bond acceptors (Lipinski definition) is 5. The second kappa shape index (κ2) is 6.10. The van der Waals surface area contributed by atoms with Crippen LogP contribution in [-0.4, -0.2) is 36.3 Å². The summed E-state index contributed by atoms with van der Waals surface area (Å²) in [6.07, 6.45) is 2.76. The van der Waals surface area contributed by atoms with Crippen LogP contribution in [0.15, 0.2) is 6.07 Å². The van der Waals surface area contributed by atoms with Gasteiger partial charge in [0.2, 0.25) is 5.91 Å². The third-order valence-corrected chi connectivity index (χ3v) is 4.15. The second-order valence-electron chi connectivity index (χ2n) is 7.05. The molecule has 0 radical (unpaired) electrons. The molecule has 1 atom stereocenters. The number of carbonyl (C=O) groups excluding carboxylic acids is 1. The van der Waals surface area contributed by atoms with E-state index in [-0.39, 0.29) is 17.2 Å². The average molecular weight is 317 g/mol. The van der Waals surface area contributed by atoms with Gasteiger partial charge in [-0.2, -0.15) is 5.10 Å². The molecule has 1 aliphatic heterocycles. The van der Waals surface area contributed by atoms with Gasteiger partial charge in [0.15, 0.2) is 5.82 Å². The van der Waals surface area contributed by atoms with Gasteiger partial charge in [0.05, 0.1) is 23.9 Å². The number of hydrogen-bond donors (Lipinski definition) is 2. The first-order valence-corrected chi connectivity index (χ1v) is 8.03. The van der Waals surface area contributed by atoms with Crippen LogP contribution >= 0.6 is 0 Å². The molecule has 0 aromatic carbocycles. The predicted molar refractivity (Wildman–Crippen MR) is 83.5 cm³/mol. The first-order valence-electron chi connectivity index (χ1n) is 8.03. The normalized spacial score (nSPS) is 18.3. The first kappa shape index (κ1) is 15.6. The molecule has 1 aliphatic rings. The lowest BCUT2D eigenvalue weighted by molar-refractivity contribution is -0.123. The highest BCUT2D eigenvalue weighted by Gasteiger charge is 2.28. The molecule has 23 heavy (non-hydrogen) atoms. The Bertz CT molecular complexity index is 682. The van der Waals surface area contributed by atoms with Crippen molar-refractivity contribution in [1.82, 2.24) is 35.7 Å². The number of tetrazole rings is 1. The van der Waals surface area contributed by atoms with Crippen molar-refractivity contribution in [3.63, 3.8) is 0 Å². The molecular weight excluding hydrogens is 294 g/mol. The van der Waals surface area contributed by atoms with Crippen LogP contribution in [0.5, 0.6) is 0 Å². The van der Waals surface area contributed by atoms with E-state index >= 15 is 0 Å².